The highest BCUT2D eigenvalue weighted by Gasteiger charge is 2.19. The van der Waals surface area contributed by atoms with E-state index < -0.39 is 0 Å². The number of allylic oxidation sites excluding steroid dienone is 1. The van der Waals surface area contributed by atoms with Crippen molar-refractivity contribution in [3.8, 4) is 0 Å². The monoisotopic (exact) mass is 153 g/mol. The molecule has 0 spiro atoms. The topological polar surface area (TPSA) is 26.0 Å². The third-order valence-corrected chi connectivity index (χ3v) is 2.88. The van der Waals surface area contributed by atoms with Gasteiger partial charge in [-0.3, -0.25) is 0 Å². The Hall–Kier alpha value is -0.300. The van der Waals surface area contributed by atoms with Gasteiger partial charge in [0, 0.05) is 0 Å². The van der Waals surface area contributed by atoms with Crippen LogP contribution in [0.5, 0.6) is 0 Å². The van der Waals surface area contributed by atoms with Crippen LogP contribution in [0.15, 0.2) is 12.2 Å². The molecular formula is C10H19N. The van der Waals surface area contributed by atoms with Gasteiger partial charge in [-0.2, -0.15) is 0 Å². The first kappa shape index (κ1) is 8.79. The summed E-state index contributed by atoms with van der Waals surface area (Å²) in [7, 11) is 0. The van der Waals surface area contributed by atoms with Crippen LogP contribution in [0.25, 0.3) is 0 Å². The Labute approximate surface area is 69.7 Å². The Morgan fingerprint density at radius 3 is 2.27 bits per heavy atom. The van der Waals surface area contributed by atoms with Crippen molar-refractivity contribution in [1.29, 1.82) is 0 Å². The molecule has 0 saturated heterocycles. The van der Waals surface area contributed by atoms with Crippen molar-refractivity contribution < 1.29 is 0 Å². The summed E-state index contributed by atoms with van der Waals surface area (Å²) < 4.78 is 0. The molecule has 0 aromatic heterocycles. The van der Waals surface area contributed by atoms with Crippen LogP contribution in [0.4, 0.5) is 0 Å². The SMILES string of the molecule is C=C(C)[C@H]1CC[C@H](CN)CC1. The Morgan fingerprint density at radius 2 is 1.91 bits per heavy atom. The molecule has 11 heavy (non-hydrogen) atoms. The van der Waals surface area contributed by atoms with Crippen LogP contribution in [0, 0.1) is 11.8 Å². The second-order valence-electron chi connectivity index (χ2n) is 3.80. The molecule has 0 heterocycles. The van der Waals surface area contributed by atoms with Gasteiger partial charge in [-0.25, -0.2) is 0 Å². The van der Waals surface area contributed by atoms with Crippen molar-refractivity contribution >= 4 is 0 Å². The number of rotatable bonds is 2. The Kier molecular flexibility index (Phi) is 3.13. The number of hydrogen-bond donors (Lipinski definition) is 1. The number of nitrogens with two attached hydrogens (primary N) is 1. The fourth-order valence-corrected chi connectivity index (χ4v) is 1.89. The lowest BCUT2D eigenvalue weighted by Gasteiger charge is -2.27. The molecule has 1 nitrogen and oxygen atoms in total. The second kappa shape index (κ2) is 3.91. The molecule has 1 rings (SSSR count). The quantitative estimate of drug-likeness (QED) is 0.605. The van der Waals surface area contributed by atoms with E-state index in [1.54, 1.807) is 0 Å². The molecule has 0 atom stereocenters. The molecule has 1 heteroatoms. The Bertz CT molecular complexity index is 132. The zero-order valence-corrected chi connectivity index (χ0v) is 7.47. The van der Waals surface area contributed by atoms with Crippen molar-refractivity contribution in [3.63, 3.8) is 0 Å². The van der Waals surface area contributed by atoms with Gasteiger partial charge < -0.3 is 5.73 Å². The van der Waals surface area contributed by atoms with Crippen LogP contribution in [0.1, 0.15) is 32.6 Å². The molecule has 0 aromatic carbocycles. The molecule has 1 fully saturated rings. The van der Waals surface area contributed by atoms with Crippen molar-refractivity contribution in [3.05, 3.63) is 12.2 Å². The molecule has 0 aromatic rings. The van der Waals surface area contributed by atoms with Crippen LogP contribution in [-0.2, 0) is 0 Å². The normalized spacial score (nSPS) is 31.8. The van der Waals surface area contributed by atoms with Crippen LogP contribution >= 0.6 is 0 Å². The summed E-state index contributed by atoms with van der Waals surface area (Å²) in [5, 5.41) is 0. The van der Waals surface area contributed by atoms with Gasteiger partial charge >= 0.3 is 0 Å². The van der Waals surface area contributed by atoms with Crippen molar-refractivity contribution in [1.82, 2.24) is 0 Å². The minimum Gasteiger partial charge on any atom is -0.330 e. The Balaban J connectivity index is 2.30. The fourth-order valence-electron chi connectivity index (χ4n) is 1.89. The minimum absolute atomic E-state index is 0.790. The largest absolute Gasteiger partial charge is 0.330 e. The molecule has 0 radical (unpaired) electrons. The van der Waals surface area contributed by atoms with Gasteiger partial charge in [-0.05, 0) is 51.0 Å². The van der Waals surface area contributed by atoms with Gasteiger partial charge in [0.05, 0.1) is 0 Å². The molecule has 0 aliphatic heterocycles. The van der Waals surface area contributed by atoms with E-state index in [1.807, 2.05) is 0 Å². The molecule has 64 valence electrons. The van der Waals surface area contributed by atoms with Gasteiger partial charge in [-0.15, -0.1) is 0 Å². The van der Waals surface area contributed by atoms with Crippen LogP contribution < -0.4 is 5.73 Å². The first-order chi connectivity index (χ1) is 5.24. The summed E-state index contributed by atoms with van der Waals surface area (Å²) in [5.74, 6) is 1.59. The van der Waals surface area contributed by atoms with Crippen LogP contribution in [0.3, 0.4) is 0 Å². The predicted molar refractivity (Wildman–Crippen MR) is 49.3 cm³/mol. The van der Waals surface area contributed by atoms with E-state index >= 15 is 0 Å². The van der Waals surface area contributed by atoms with Gasteiger partial charge in [0.25, 0.3) is 0 Å². The van der Waals surface area contributed by atoms with Crippen LogP contribution in [0.2, 0.25) is 0 Å². The first-order valence-corrected chi connectivity index (χ1v) is 4.59. The lowest BCUT2D eigenvalue weighted by atomic mass is 9.79. The van der Waals surface area contributed by atoms with Gasteiger partial charge in [0.2, 0.25) is 0 Å². The van der Waals surface area contributed by atoms with E-state index in [9.17, 15) is 0 Å². The average Bonchev–Trinajstić information content (AvgIpc) is 2.05. The van der Waals surface area contributed by atoms with E-state index in [1.165, 1.54) is 31.3 Å². The molecule has 2 N–H and O–H groups in total. The lowest BCUT2D eigenvalue weighted by Crippen LogP contribution is -2.21. The summed E-state index contributed by atoms with van der Waals surface area (Å²) in [6.07, 6.45) is 5.26. The number of hydrogen-bond acceptors (Lipinski definition) is 1. The van der Waals surface area contributed by atoms with E-state index in [0.29, 0.717) is 0 Å². The van der Waals surface area contributed by atoms with E-state index in [4.69, 9.17) is 5.73 Å². The van der Waals surface area contributed by atoms with Gasteiger partial charge in [-0.1, -0.05) is 12.2 Å². The van der Waals surface area contributed by atoms with Crippen LogP contribution in [-0.4, -0.2) is 6.54 Å². The van der Waals surface area contributed by atoms with E-state index in [-0.39, 0.29) is 0 Å². The summed E-state index contributed by atoms with van der Waals surface area (Å²) >= 11 is 0. The molecule has 0 bridgehead atoms. The standard InChI is InChI=1S/C10H19N/c1-8(2)10-5-3-9(7-11)4-6-10/h9-10H,1,3-7,11H2,2H3/t9-,10-. The highest BCUT2D eigenvalue weighted by Crippen LogP contribution is 2.31. The van der Waals surface area contributed by atoms with Crippen molar-refractivity contribution in [2.24, 2.45) is 17.6 Å². The molecule has 1 aliphatic carbocycles. The fraction of sp³-hybridized carbons (Fsp3) is 0.800. The maximum Gasteiger partial charge on any atom is -0.00489 e. The molecule has 0 unspecified atom stereocenters. The Morgan fingerprint density at radius 1 is 1.36 bits per heavy atom. The minimum atomic E-state index is 0.790. The maximum absolute atomic E-state index is 5.60. The van der Waals surface area contributed by atoms with E-state index in [0.717, 1.165) is 18.4 Å². The van der Waals surface area contributed by atoms with Gasteiger partial charge in [0.15, 0.2) is 0 Å². The zero-order chi connectivity index (χ0) is 8.27. The van der Waals surface area contributed by atoms with Gasteiger partial charge in [0.1, 0.15) is 0 Å². The smallest absolute Gasteiger partial charge is 0.00489 e. The lowest BCUT2D eigenvalue weighted by molar-refractivity contribution is 0.308. The summed E-state index contributed by atoms with van der Waals surface area (Å²) in [6, 6.07) is 0. The second-order valence-corrected chi connectivity index (χ2v) is 3.80. The third-order valence-electron chi connectivity index (χ3n) is 2.88. The maximum atomic E-state index is 5.60. The third kappa shape index (κ3) is 2.33. The first-order valence-electron chi connectivity index (χ1n) is 4.59. The summed E-state index contributed by atoms with van der Waals surface area (Å²) in [4.78, 5) is 0. The highest BCUT2D eigenvalue weighted by atomic mass is 14.5. The summed E-state index contributed by atoms with van der Waals surface area (Å²) in [6.45, 7) is 7.02. The van der Waals surface area contributed by atoms with Crippen molar-refractivity contribution in [2.75, 3.05) is 6.54 Å². The average molecular weight is 153 g/mol. The molecule has 1 saturated carbocycles. The van der Waals surface area contributed by atoms with E-state index in [2.05, 4.69) is 13.5 Å². The molecular weight excluding hydrogens is 134 g/mol. The van der Waals surface area contributed by atoms with Crippen molar-refractivity contribution in [2.45, 2.75) is 32.6 Å². The molecule has 1 aliphatic rings. The predicted octanol–water partition coefficient (Wildman–Crippen LogP) is 2.33. The highest BCUT2D eigenvalue weighted by molar-refractivity contribution is 4.97. The summed E-state index contributed by atoms with van der Waals surface area (Å²) in [5.41, 5.74) is 6.96. The molecule has 0 amide bonds. The zero-order valence-electron chi connectivity index (χ0n) is 7.47.